The van der Waals surface area contributed by atoms with Gasteiger partial charge < -0.3 is 14.4 Å². The van der Waals surface area contributed by atoms with Crippen LogP contribution >= 0.6 is 0 Å². The highest BCUT2D eigenvalue weighted by atomic mass is 16.6. The first-order valence-electron chi connectivity index (χ1n) is 10.4. The first-order valence-corrected chi connectivity index (χ1v) is 10.4. The molecule has 8 heteroatoms. The third-order valence-corrected chi connectivity index (χ3v) is 4.82. The average molecular weight is 437 g/mol. The number of rotatable bonds is 11. The van der Waals surface area contributed by atoms with Crippen molar-refractivity contribution < 1.29 is 24.0 Å². The molecule has 8 nitrogen and oxygen atoms in total. The third kappa shape index (κ3) is 5.95. The van der Waals surface area contributed by atoms with Crippen molar-refractivity contribution in [3.05, 3.63) is 88.7 Å². The van der Waals surface area contributed by atoms with Crippen LogP contribution in [-0.2, 0) is 16.1 Å². The molecule has 0 saturated carbocycles. The van der Waals surface area contributed by atoms with Gasteiger partial charge in [-0.05, 0) is 38.0 Å². The van der Waals surface area contributed by atoms with Crippen molar-refractivity contribution in [2.24, 2.45) is 0 Å². The predicted molar refractivity (Wildman–Crippen MR) is 118 cm³/mol. The van der Waals surface area contributed by atoms with Crippen LogP contribution in [-0.4, -0.2) is 27.8 Å². The number of hydrogen-bond donors (Lipinski definition) is 2. The Balaban J connectivity index is 1.80. The summed E-state index contributed by atoms with van der Waals surface area (Å²) in [7, 11) is 0. The molecule has 1 unspecified atom stereocenters. The van der Waals surface area contributed by atoms with Gasteiger partial charge in [0, 0.05) is 17.7 Å². The summed E-state index contributed by atoms with van der Waals surface area (Å²) in [5.74, 6) is -0.0295. The molecular weight excluding hydrogens is 410 g/mol. The smallest absolute Gasteiger partial charge is 0.333 e. The Morgan fingerprint density at radius 3 is 2.56 bits per heavy atom. The number of carboxylic acid groups (broad SMARTS) is 1. The number of ether oxygens (including phenoxy) is 1. The minimum Gasteiger partial charge on any atom is -0.478 e. The van der Waals surface area contributed by atoms with E-state index < -0.39 is 12.1 Å². The number of nitrogens with one attached hydrogen (secondary N) is 1. The molecule has 1 aromatic heterocycles. The van der Waals surface area contributed by atoms with Crippen molar-refractivity contribution in [2.75, 3.05) is 6.61 Å². The van der Waals surface area contributed by atoms with E-state index in [1.807, 2.05) is 57.2 Å². The molecule has 0 aliphatic rings. The van der Waals surface area contributed by atoms with Gasteiger partial charge in [-0.3, -0.25) is 10.3 Å². The second-order valence-electron chi connectivity index (χ2n) is 7.16. The lowest BCUT2D eigenvalue weighted by Crippen LogP contribution is -2.20. The van der Waals surface area contributed by atoms with E-state index >= 15 is 0 Å². The molecule has 0 saturated heterocycles. The number of hydroxylamine groups is 1. The molecule has 3 rings (SSSR count). The highest BCUT2D eigenvalue weighted by Crippen LogP contribution is 2.28. The standard InChI is InChI=1S/C24H27N3O5/c1-4-21(27-30-5-2)20(24(28)29)14-17-9-11-19(12-10-17)31-22(23-25-15-26-32-23)18-8-6-7-16(3)13-18/h6-13,15,22,27H,4-5,14H2,1-3H3,(H,28,29). The number of hydrogen-bond acceptors (Lipinski definition) is 7. The minimum atomic E-state index is -0.981. The van der Waals surface area contributed by atoms with E-state index in [0.717, 1.165) is 16.7 Å². The fraction of sp³-hybridized carbons (Fsp3) is 0.292. The Kier molecular flexibility index (Phi) is 7.99. The molecular formula is C24H27N3O5. The molecule has 2 aromatic carbocycles. The Morgan fingerprint density at radius 1 is 1.19 bits per heavy atom. The maximum atomic E-state index is 11.8. The van der Waals surface area contributed by atoms with Crippen molar-refractivity contribution in [3.8, 4) is 5.75 Å². The van der Waals surface area contributed by atoms with E-state index in [4.69, 9.17) is 14.1 Å². The minimum absolute atomic E-state index is 0.254. The molecule has 0 amide bonds. The molecule has 0 aliphatic carbocycles. The van der Waals surface area contributed by atoms with E-state index in [2.05, 4.69) is 15.6 Å². The van der Waals surface area contributed by atoms with Gasteiger partial charge in [-0.1, -0.05) is 54.0 Å². The van der Waals surface area contributed by atoms with Gasteiger partial charge in [0.25, 0.3) is 5.89 Å². The Hall–Kier alpha value is -3.65. The Bertz CT molecular complexity index is 1050. The zero-order valence-corrected chi connectivity index (χ0v) is 18.4. The number of aromatic nitrogens is 2. The van der Waals surface area contributed by atoms with E-state index in [0.29, 0.717) is 30.4 Å². The van der Waals surface area contributed by atoms with Crippen molar-refractivity contribution in [1.29, 1.82) is 0 Å². The van der Waals surface area contributed by atoms with Crippen LogP contribution in [0.4, 0.5) is 0 Å². The van der Waals surface area contributed by atoms with Crippen LogP contribution in [0.1, 0.15) is 49.0 Å². The van der Waals surface area contributed by atoms with E-state index in [-0.39, 0.29) is 12.0 Å². The number of benzene rings is 2. The Morgan fingerprint density at radius 2 is 1.97 bits per heavy atom. The SMILES string of the molecule is CCONC(CC)=C(Cc1ccc(OC(c2cccc(C)c2)c2ncno2)cc1)C(=O)O. The van der Waals surface area contributed by atoms with Crippen molar-refractivity contribution >= 4 is 5.97 Å². The molecule has 32 heavy (non-hydrogen) atoms. The van der Waals surface area contributed by atoms with Gasteiger partial charge in [0.1, 0.15) is 5.75 Å². The quantitative estimate of drug-likeness (QED) is 0.336. The molecule has 168 valence electrons. The Labute approximate surface area is 186 Å². The number of aryl methyl sites for hydroxylation is 1. The van der Waals surface area contributed by atoms with E-state index in [9.17, 15) is 9.90 Å². The maximum absolute atomic E-state index is 11.8. The number of carboxylic acids is 1. The summed E-state index contributed by atoms with van der Waals surface area (Å²) in [5.41, 5.74) is 6.38. The van der Waals surface area contributed by atoms with Crippen LogP contribution in [0.3, 0.4) is 0 Å². The molecule has 0 aliphatic heterocycles. The van der Waals surface area contributed by atoms with Gasteiger partial charge in [0.2, 0.25) is 6.10 Å². The topological polar surface area (TPSA) is 107 Å². The van der Waals surface area contributed by atoms with Crippen LogP contribution < -0.4 is 10.2 Å². The van der Waals surface area contributed by atoms with Crippen LogP contribution in [0.2, 0.25) is 0 Å². The third-order valence-electron chi connectivity index (χ3n) is 4.82. The second-order valence-corrected chi connectivity index (χ2v) is 7.16. The van der Waals surface area contributed by atoms with Crippen molar-refractivity contribution in [1.82, 2.24) is 15.6 Å². The maximum Gasteiger partial charge on any atom is 0.333 e. The first kappa shape index (κ1) is 23.0. The largest absolute Gasteiger partial charge is 0.478 e. The second kappa shape index (κ2) is 11.1. The first-order chi connectivity index (χ1) is 15.5. The summed E-state index contributed by atoms with van der Waals surface area (Å²) >= 11 is 0. The fourth-order valence-corrected chi connectivity index (χ4v) is 3.24. The number of nitrogens with zero attached hydrogens (tertiary/aromatic N) is 2. The summed E-state index contributed by atoms with van der Waals surface area (Å²) in [6.07, 6.45) is 1.56. The molecule has 1 heterocycles. The highest BCUT2D eigenvalue weighted by Gasteiger charge is 2.22. The monoisotopic (exact) mass is 437 g/mol. The van der Waals surface area contributed by atoms with E-state index in [1.165, 1.54) is 6.33 Å². The average Bonchev–Trinajstić information content (AvgIpc) is 3.32. The molecule has 1 atom stereocenters. The zero-order chi connectivity index (χ0) is 22.9. The summed E-state index contributed by atoms with van der Waals surface area (Å²) < 4.78 is 11.4. The molecule has 3 aromatic rings. The van der Waals surface area contributed by atoms with Gasteiger partial charge in [-0.25, -0.2) is 4.79 Å². The molecule has 0 spiro atoms. The van der Waals surface area contributed by atoms with Crippen LogP contribution in [0.25, 0.3) is 0 Å². The molecule has 0 fully saturated rings. The molecule has 2 N–H and O–H groups in total. The van der Waals surface area contributed by atoms with Gasteiger partial charge in [-0.2, -0.15) is 4.98 Å². The van der Waals surface area contributed by atoms with E-state index in [1.54, 1.807) is 12.1 Å². The lowest BCUT2D eigenvalue weighted by Gasteiger charge is -2.17. The predicted octanol–water partition coefficient (Wildman–Crippen LogP) is 4.38. The van der Waals surface area contributed by atoms with Crippen LogP contribution in [0, 0.1) is 6.92 Å². The highest BCUT2D eigenvalue weighted by molar-refractivity contribution is 5.88. The van der Waals surface area contributed by atoms with Crippen molar-refractivity contribution in [3.63, 3.8) is 0 Å². The molecule has 0 bridgehead atoms. The van der Waals surface area contributed by atoms with Crippen LogP contribution in [0.5, 0.6) is 5.75 Å². The van der Waals surface area contributed by atoms with Gasteiger partial charge in [0.15, 0.2) is 6.33 Å². The lowest BCUT2D eigenvalue weighted by molar-refractivity contribution is -0.133. The number of aliphatic carboxylic acids is 1. The summed E-state index contributed by atoms with van der Waals surface area (Å²) in [6.45, 7) is 6.15. The van der Waals surface area contributed by atoms with Gasteiger partial charge in [0.05, 0.1) is 12.2 Å². The summed E-state index contributed by atoms with van der Waals surface area (Å²) in [6, 6.07) is 15.2. The number of carbonyl (C=O) groups is 1. The normalized spacial score (nSPS) is 12.7. The summed E-state index contributed by atoms with van der Waals surface area (Å²) in [4.78, 5) is 21.1. The summed E-state index contributed by atoms with van der Waals surface area (Å²) in [5, 5.41) is 13.4. The fourth-order valence-electron chi connectivity index (χ4n) is 3.24. The van der Waals surface area contributed by atoms with Gasteiger partial charge >= 0.3 is 5.97 Å². The van der Waals surface area contributed by atoms with Gasteiger partial charge in [-0.15, -0.1) is 0 Å². The zero-order valence-electron chi connectivity index (χ0n) is 18.4. The van der Waals surface area contributed by atoms with Crippen molar-refractivity contribution in [2.45, 2.75) is 39.7 Å². The molecule has 0 radical (unpaired) electrons. The van der Waals surface area contributed by atoms with Crippen LogP contribution in [0.15, 0.2) is 70.7 Å². The lowest BCUT2D eigenvalue weighted by atomic mass is 10.0. The number of allylic oxidation sites excluding steroid dienone is 1.